The molecule has 0 saturated carbocycles. The van der Waals surface area contributed by atoms with Gasteiger partial charge in [-0.2, -0.15) is 0 Å². The summed E-state index contributed by atoms with van der Waals surface area (Å²) in [5, 5.41) is 5.03. The van der Waals surface area contributed by atoms with Crippen molar-refractivity contribution in [2.24, 2.45) is 0 Å². The van der Waals surface area contributed by atoms with Crippen molar-refractivity contribution in [3.8, 4) is 0 Å². The molecule has 4 nitrogen and oxygen atoms in total. The molecule has 0 unspecified atom stereocenters. The molecule has 0 atom stereocenters. The van der Waals surface area contributed by atoms with Crippen LogP contribution < -0.4 is 0 Å². The zero-order valence-electron chi connectivity index (χ0n) is 13.3. The van der Waals surface area contributed by atoms with Crippen LogP contribution in [0.2, 0.25) is 0 Å². The van der Waals surface area contributed by atoms with Gasteiger partial charge < -0.3 is 14.0 Å². The lowest BCUT2D eigenvalue weighted by Gasteiger charge is -2.22. The third-order valence-corrected chi connectivity index (χ3v) is 3.77. The van der Waals surface area contributed by atoms with E-state index in [0.717, 1.165) is 22.0 Å². The molecule has 0 radical (unpaired) electrons. The van der Waals surface area contributed by atoms with Gasteiger partial charge in [-0.25, -0.2) is 0 Å². The maximum Gasteiger partial charge on any atom is 0.192 e. The second kappa shape index (κ2) is 6.39. The van der Waals surface area contributed by atoms with Crippen molar-refractivity contribution in [3.05, 3.63) is 66.1 Å². The van der Waals surface area contributed by atoms with E-state index in [1.165, 1.54) is 0 Å². The van der Waals surface area contributed by atoms with Gasteiger partial charge in [-0.15, -0.1) is 5.73 Å². The van der Waals surface area contributed by atoms with Crippen LogP contribution in [0.3, 0.4) is 0 Å². The lowest BCUT2D eigenvalue weighted by Crippen LogP contribution is -2.22. The third-order valence-electron chi connectivity index (χ3n) is 3.77. The Morgan fingerprint density at radius 3 is 2.83 bits per heavy atom. The highest BCUT2D eigenvalue weighted by molar-refractivity contribution is 5.92. The van der Waals surface area contributed by atoms with Crippen molar-refractivity contribution in [1.82, 2.24) is 5.16 Å². The molecule has 1 fully saturated rings. The number of nitrogens with zero attached hydrogens (tertiary/aromatic N) is 1. The number of benzene rings is 1. The molecule has 2 aromatic rings. The standard InChI is InChI=1S/C19H19NO3/c1-4-6-8-14(7-5-2)18-16-13-15(9-10-17(16)20-23-18)19(3)21-11-12-22-19/h4-7,9-10,13H,1,11-12H2,2-3H3/b7-5-. The summed E-state index contributed by atoms with van der Waals surface area (Å²) in [4.78, 5) is 0. The molecule has 4 heteroatoms. The van der Waals surface area contributed by atoms with Crippen LogP contribution in [-0.2, 0) is 15.3 Å². The van der Waals surface area contributed by atoms with E-state index in [1.807, 2.05) is 44.2 Å². The summed E-state index contributed by atoms with van der Waals surface area (Å²) in [7, 11) is 0. The van der Waals surface area contributed by atoms with Gasteiger partial charge in [0, 0.05) is 5.56 Å². The fraction of sp³-hybridized carbons (Fsp3) is 0.263. The van der Waals surface area contributed by atoms with Crippen molar-refractivity contribution in [2.45, 2.75) is 19.6 Å². The third kappa shape index (κ3) is 2.92. The number of aromatic nitrogens is 1. The van der Waals surface area contributed by atoms with E-state index in [9.17, 15) is 0 Å². The Kier molecular flexibility index (Phi) is 4.30. The minimum absolute atomic E-state index is 0.594. The van der Waals surface area contributed by atoms with Gasteiger partial charge in [0.05, 0.1) is 24.2 Å². The highest BCUT2D eigenvalue weighted by Gasteiger charge is 2.33. The lowest BCUT2D eigenvalue weighted by molar-refractivity contribution is -0.149. The zero-order valence-corrected chi connectivity index (χ0v) is 13.3. The normalized spacial score (nSPS) is 16.6. The molecule has 0 bridgehead atoms. The summed E-state index contributed by atoms with van der Waals surface area (Å²) >= 11 is 0. The van der Waals surface area contributed by atoms with Crippen LogP contribution >= 0.6 is 0 Å². The molecule has 1 aliphatic heterocycles. The predicted molar refractivity (Wildman–Crippen MR) is 89.8 cm³/mol. The Hall–Kier alpha value is -2.39. The maximum atomic E-state index is 5.74. The van der Waals surface area contributed by atoms with E-state index >= 15 is 0 Å². The van der Waals surface area contributed by atoms with Crippen LogP contribution in [-0.4, -0.2) is 18.4 Å². The molecule has 0 amide bonds. The van der Waals surface area contributed by atoms with Gasteiger partial charge >= 0.3 is 0 Å². The van der Waals surface area contributed by atoms with E-state index in [2.05, 4.69) is 17.5 Å². The second-order valence-corrected chi connectivity index (χ2v) is 5.35. The minimum Gasteiger partial charge on any atom is -0.354 e. The number of rotatable bonds is 4. The van der Waals surface area contributed by atoms with Crippen molar-refractivity contribution < 1.29 is 14.0 Å². The topological polar surface area (TPSA) is 44.5 Å². The number of hydrogen-bond acceptors (Lipinski definition) is 4. The Morgan fingerprint density at radius 2 is 2.13 bits per heavy atom. The number of ether oxygens (including phenoxy) is 2. The van der Waals surface area contributed by atoms with Crippen molar-refractivity contribution in [1.29, 1.82) is 0 Å². The number of allylic oxidation sites excluding steroid dienone is 4. The molecule has 23 heavy (non-hydrogen) atoms. The summed E-state index contributed by atoms with van der Waals surface area (Å²) < 4.78 is 17.0. The average Bonchev–Trinajstić information content (AvgIpc) is 3.18. The van der Waals surface area contributed by atoms with Crippen LogP contribution in [0.5, 0.6) is 0 Å². The molecule has 2 heterocycles. The second-order valence-electron chi connectivity index (χ2n) is 5.35. The van der Waals surface area contributed by atoms with Crippen molar-refractivity contribution in [2.75, 3.05) is 13.2 Å². The Balaban J connectivity index is 2.15. The fourth-order valence-electron chi connectivity index (χ4n) is 2.60. The molecule has 0 N–H and O–H groups in total. The summed E-state index contributed by atoms with van der Waals surface area (Å²) in [5.74, 6) is -0.0518. The Bertz CT molecular complexity index is 816. The maximum absolute atomic E-state index is 5.74. The van der Waals surface area contributed by atoms with E-state index in [0.29, 0.717) is 19.0 Å². The predicted octanol–water partition coefficient (Wildman–Crippen LogP) is 4.35. The summed E-state index contributed by atoms with van der Waals surface area (Å²) in [5.41, 5.74) is 5.69. The van der Waals surface area contributed by atoms with Gasteiger partial charge in [0.15, 0.2) is 11.5 Å². The zero-order chi connectivity index (χ0) is 16.3. The quantitative estimate of drug-likeness (QED) is 0.622. The van der Waals surface area contributed by atoms with E-state index in [4.69, 9.17) is 14.0 Å². The first-order valence-electron chi connectivity index (χ1n) is 7.56. The van der Waals surface area contributed by atoms with Gasteiger partial charge in [-0.3, -0.25) is 0 Å². The van der Waals surface area contributed by atoms with Gasteiger partial charge in [0.1, 0.15) is 5.52 Å². The Labute approximate surface area is 135 Å². The monoisotopic (exact) mass is 309 g/mol. The summed E-state index contributed by atoms with van der Waals surface area (Å²) in [6.07, 6.45) is 7.28. The SMILES string of the molecule is C=CC=C=C(/C=C\C)c1onc2ccc(C3(C)OCCO3)cc12. The highest BCUT2D eigenvalue weighted by Crippen LogP contribution is 2.34. The molecule has 0 aliphatic carbocycles. The molecule has 1 aliphatic rings. The van der Waals surface area contributed by atoms with Crippen LogP contribution in [0.1, 0.15) is 25.2 Å². The smallest absolute Gasteiger partial charge is 0.192 e. The van der Waals surface area contributed by atoms with E-state index in [-0.39, 0.29) is 0 Å². The van der Waals surface area contributed by atoms with E-state index < -0.39 is 5.79 Å². The molecule has 1 aromatic carbocycles. The lowest BCUT2D eigenvalue weighted by atomic mass is 10.0. The van der Waals surface area contributed by atoms with E-state index in [1.54, 1.807) is 12.2 Å². The first kappa shape index (κ1) is 15.5. The first-order valence-corrected chi connectivity index (χ1v) is 7.56. The van der Waals surface area contributed by atoms with Crippen LogP contribution in [0.25, 0.3) is 16.5 Å². The molecule has 0 spiro atoms. The van der Waals surface area contributed by atoms with Gasteiger partial charge in [0.2, 0.25) is 0 Å². The fourth-order valence-corrected chi connectivity index (χ4v) is 2.60. The van der Waals surface area contributed by atoms with Gasteiger partial charge in [-0.1, -0.05) is 30.0 Å². The molecule has 1 aromatic heterocycles. The Morgan fingerprint density at radius 1 is 1.35 bits per heavy atom. The molecule has 3 rings (SSSR count). The summed E-state index contributed by atoms with van der Waals surface area (Å²) in [6, 6.07) is 5.88. The van der Waals surface area contributed by atoms with Crippen LogP contribution in [0.15, 0.2) is 59.3 Å². The molecule has 118 valence electrons. The van der Waals surface area contributed by atoms with Crippen molar-refractivity contribution in [3.63, 3.8) is 0 Å². The van der Waals surface area contributed by atoms with Crippen LogP contribution in [0.4, 0.5) is 0 Å². The number of hydrogen-bond donors (Lipinski definition) is 0. The first-order chi connectivity index (χ1) is 11.2. The molecule has 1 saturated heterocycles. The largest absolute Gasteiger partial charge is 0.354 e. The minimum atomic E-state index is -0.718. The average molecular weight is 309 g/mol. The van der Waals surface area contributed by atoms with Crippen molar-refractivity contribution >= 4 is 16.5 Å². The number of fused-ring (bicyclic) bond motifs is 1. The molecular weight excluding hydrogens is 290 g/mol. The van der Waals surface area contributed by atoms with Gasteiger partial charge in [0.25, 0.3) is 0 Å². The van der Waals surface area contributed by atoms with Crippen LogP contribution in [0, 0.1) is 0 Å². The summed E-state index contributed by atoms with van der Waals surface area (Å²) in [6.45, 7) is 8.74. The highest BCUT2D eigenvalue weighted by atomic mass is 16.7. The molecular formula is C19H19NO3. The van der Waals surface area contributed by atoms with Gasteiger partial charge in [-0.05, 0) is 38.1 Å².